The van der Waals surface area contributed by atoms with Gasteiger partial charge in [0.05, 0.1) is 17.1 Å². The maximum atomic E-state index is 14.2. The van der Waals surface area contributed by atoms with Gasteiger partial charge in [0.15, 0.2) is 5.13 Å². The van der Waals surface area contributed by atoms with Crippen LogP contribution in [0.4, 0.5) is 20.9 Å². The van der Waals surface area contributed by atoms with Crippen molar-refractivity contribution < 1.29 is 22.4 Å². The minimum atomic E-state index is -3.75. The Morgan fingerprint density at radius 3 is 2.42 bits per heavy atom. The smallest absolute Gasteiger partial charge is 0.248 e. The van der Waals surface area contributed by atoms with E-state index in [0.29, 0.717) is 5.69 Å². The van der Waals surface area contributed by atoms with Gasteiger partial charge in [-0.05, 0) is 30.3 Å². The first-order valence-electron chi connectivity index (χ1n) is 9.62. The molecule has 0 aliphatic rings. The number of carbonyl (C=O) groups is 2. The Balaban J connectivity index is 1.79. The van der Waals surface area contributed by atoms with E-state index in [0.717, 1.165) is 20.5 Å². The molecule has 0 unspecified atom stereocenters. The van der Waals surface area contributed by atoms with Crippen LogP contribution in [0, 0.1) is 5.82 Å². The highest BCUT2D eigenvalue weighted by molar-refractivity contribution is 7.89. The van der Waals surface area contributed by atoms with E-state index < -0.39 is 27.7 Å². The van der Waals surface area contributed by atoms with Crippen LogP contribution in [0.15, 0.2) is 64.9 Å². The van der Waals surface area contributed by atoms with Crippen molar-refractivity contribution >= 4 is 55.8 Å². The van der Waals surface area contributed by atoms with E-state index in [4.69, 9.17) is 0 Å². The number of hydrogen-bond acceptors (Lipinski definition) is 6. The zero-order valence-corrected chi connectivity index (χ0v) is 19.7. The summed E-state index contributed by atoms with van der Waals surface area (Å²) in [5, 5.41) is 4.41. The van der Waals surface area contributed by atoms with Crippen molar-refractivity contribution in [2.45, 2.75) is 11.8 Å². The molecule has 0 saturated carbocycles. The number of hydrogen-bond donors (Lipinski definition) is 1. The van der Waals surface area contributed by atoms with Crippen LogP contribution in [0.1, 0.15) is 12.6 Å². The van der Waals surface area contributed by atoms with Crippen molar-refractivity contribution in [2.24, 2.45) is 0 Å². The summed E-state index contributed by atoms with van der Waals surface area (Å²) in [6.07, 6.45) is 2.61. The van der Waals surface area contributed by atoms with Crippen LogP contribution in [-0.4, -0.2) is 43.6 Å². The zero-order valence-electron chi connectivity index (χ0n) is 18.0. The first-order valence-corrected chi connectivity index (χ1v) is 11.9. The Bertz CT molecular complexity index is 1320. The molecule has 0 saturated heterocycles. The van der Waals surface area contributed by atoms with Gasteiger partial charge < -0.3 is 5.32 Å². The number of anilines is 3. The average molecular weight is 489 g/mol. The van der Waals surface area contributed by atoms with Gasteiger partial charge in [-0.3, -0.25) is 14.5 Å². The van der Waals surface area contributed by atoms with Gasteiger partial charge in [0.2, 0.25) is 21.8 Å². The Hall–Kier alpha value is -3.41. The van der Waals surface area contributed by atoms with Crippen LogP contribution >= 0.6 is 11.3 Å². The molecule has 0 atom stereocenters. The van der Waals surface area contributed by atoms with E-state index in [1.807, 2.05) is 0 Å². The molecule has 3 rings (SSSR count). The number of benzene rings is 2. The summed E-state index contributed by atoms with van der Waals surface area (Å²) in [5.41, 5.74) is 0.593. The fourth-order valence-electron chi connectivity index (χ4n) is 2.82. The highest BCUT2D eigenvalue weighted by Crippen LogP contribution is 2.31. The van der Waals surface area contributed by atoms with Gasteiger partial charge >= 0.3 is 0 Å². The minimum Gasteiger partial charge on any atom is -0.321 e. The standard InChI is InChI=1S/C22H21FN4O4S2/c1-15(28)27(19-10-6-4-8-17(19)23)22-24-16(14-32-22)12-13-21(29)25-18-9-5-7-11-20(18)33(30,31)26(2)3/h4-14H,1-3H3,(H,25,29)/b13-12+. The maximum Gasteiger partial charge on any atom is 0.248 e. The third-order valence-electron chi connectivity index (χ3n) is 4.42. The molecule has 0 bridgehead atoms. The van der Waals surface area contributed by atoms with Crippen molar-refractivity contribution in [3.8, 4) is 0 Å². The topological polar surface area (TPSA) is 99.7 Å². The molecular formula is C22H21FN4O4S2. The summed E-state index contributed by atoms with van der Waals surface area (Å²) in [4.78, 5) is 29.9. The number of aromatic nitrogens is 1. The molecule has 0 aliphatic carbocycles. The molecule has 0 fully saturated rings. The molecular weight excluding hydrogens is 467 g/mol. The lowest BCUT2D eigenvalue weighted by molar-refractivity contribution is -0.116. The van der Waals surface area contributed by atoms with Crippen LogP contribution in [0.5, 0.6) is 0 Å². The molecule has 11 heteroatoms. The van der Waals surface area contributed by atoms with Crippen molar-refractivity contribution in [3.05, 3.63) is 71.5 Å². The van der Waals surface area contributed by atoms with Crippen LogP contribution < -0.4 is 10.2 Å². The second-order valence-electron chi connectivity index (χ2n) is 6.97. The average Bonchev–Trinajstić information content (AvgIpc) is 3.22. The van der Waals surface area contributed by atoms with Gasteiger partial charge in [0.25, 0.3) is 0 Å². The lowest BCUT2D eigenvalue weighted by Crippen LogP contribution is -2.24. The second kappa shape index (κ2) is 10.0. The number of sulfonamides is 1. The largest absolute Gasteiger partial charge is 0.321 e. The summed E-state index contributed by atoms with van der Waals surface area (Å²) in [7, 11) is -0.945. The molecule has 1 N–H and O–H groups in total. The van der Waals surface area contributed by atoms with E-state index in [-0.39, 0.29) is 21.4 Å². The van der Waals surface area contributed by atoms with Gasteiger partial charge in [-0.1, -0.05) is 24.3 Å². The fourth-order valence-corrected chi connectivity index (χ4v) is 4.71. The number of amides is 2. The highest BCUT2D eigenvalue weighted by Gasteiger charge is 2.22. The van der Waals surface area contributed by atoms with Crippen LogP contribution in [0.3, 0.4) is 0 Å². The molecule has 1 aromatic heterocycles. The number of rotatable bonds is 7. The van der Waals surface area contributed by atoms with Crippen LogP contribution in [-0.2, 0) is 19.6 Å². The number of nitrogens with zero attached hydrogens (tertiary/aromatic N) is 3. The molecule has 1 heterocycles. The Labute approximate surface area is 195 Å². The molecule has 0 radical (unpaired) electrons. The lowest BCUT2D eigenvalue weighted by Gasteiger charge is -2.18. The summed E-state index contributed by atoms with van der Waals surface area (Å²) >= 11 is 1.11. The van der Waals surface area contributed by atoms with E-state index >= 15 is 0 Å². The number of para-hydroxylation sites is 2. The first kappa shape index (κ1) is 24.2. The van der Waals surface area contributed by atoms with E-state index in [9.17, 15) is 22.4 Å². The highest BCUT2D eigenvalue weighted by atomic mass is 32.2. The number of thiazole rings is 1. The SMILES string of the molecule is CC(=O)N(c1nc(/C=C/C(=O)Nc2ccccc2S(=O)(=O)N(C)C)cs1)c1ccccc1F. The number of nitrogens with one attached hydrogen (secondary N) is 1. The lowest BCUT2D eigenvalue weighted by atomic mass is 10.3. The summed E-state index contributed by atoms with van der Waals surface area (Å²) in [6, 6.07) is 11.9. The Kier molecular flexibility index (Phi) is 7.36. The van der Waals surface area contributed by atoms with Crippen molar-refractivity contribution in [3.63, 3.8) is 0 Å². The predicted octanol–water partition coefficient (Wildman–Crippen LogP) is 3.87. The summed E-state index contributed by atoms with van der Waals surface area (Å²) in [6.45, 7) is 1.30. The molecule has 33 heavy (non-hydrogen) atoms. The maximum absolute atomic E-state index is 14.2. The van der Waals surface area contributed by atoms with E-state index in [2.05, 4.69) is 10.3 Å². The Morgan fingerprint density at radius 2 is 1.76 bits per heavy atom. The first-order chi connectivity index (χ1) is 15.6. The van der Waals surface area contributed by atoms with Crippen LogP contribution in [0.2, 0.25) is 0 Å². The van der Waals surface area contributed by atoms with Crippen molar-refractivity contribution in [1.29, 1.82) is 0 Å². The minimum absolute atomic E-state index is 0.0327. The second-order valence-corrected chi connectivity index (χ2v) is 9.92. The zero-order chi connectivity index (χ0) is 24.2. The van der Waals surface area contributed by atoms with Gasteiger partial charge in [-0.25, -0.2) is 22.1 Å². The predicted molar refractivity (Wildman–Crippen MR) is 126 cm³/mol. The normalized spacial score (nSPS) is 11.7. The molecule has 172 valence electrons. The summed E-state index contributed by atoms with van der Waals surface area (Å²) < 4.78 is 40.2. The molecule has 0 spiro atoms. The molecule has 2 amide bonds. The van der Waals surface area contributed by atoms with Crippen LogP contribution in [0.25, 0.3) is 6.08 Å². The molecule has 3 aromatic rings. The van der Waals surface area contributed by atoms with Crippen molar-refractivity contribution in [2.75, 3.05) is 24.3 Å². The third-order valence-corrected chi connectivity index (χ3v) is 7.14. The quantitative estimate of drug-likeness (QED) is 0.509. The number of halogens is 1. The monoisotopic (exact) mass is 488 g/mol. The Morgan fingerprint density at radius 1 is 1.09 bits per heavy atom. The van der Waals surface area contributed by atoms with Gasteiger partial charge in [-0.2, -0.15) is 0 Å². The van der Waals surface area contributed by atoms with Gasteiger partial charge in [0.1, 0.15) is 10.7 Å². The summed E-state index contributed by atoms with van der Waals surface area (Å²) in [5.74, 6) is -1.55. The van der Waals surface area contributed by atoms with Gasteiger partial charge in [0, 0.05) is 32.5 Å². The van der Waals surface area contributed by atoms with E-state index in [1.54, 1.807) is 23.6 Å². The van der Waals surface area contributed by atoms with Gasteiger partial charge in [-0.15, -0.1) is 11.3 Å². The van der Waals surface area contributed by atoms with E-state index in [1.165, 1.54) is 63.5 Å². The molecule has 2 aromatic carbocycles. The molecule has 8 nitrogen and oxygen atoms in total. The van der Waals surface area contributed by atoms with Crippen molar-refractivity contribution in [1.82, 2.24) is 9.29 Å². The third kappa shape index (κ3) is 5.51. The fraction of sp³-hybridized carbons (Fsp3) is 0.136. The molecule has 0 aliphatic heterocycles. The number of carbonyl (C=O) groups excluding carboxylic acids is 2.